The van der Waals surface area contributed by atoms with E-state index in [1.807, 2.05) is 0 Å². The molecule has 0 aliphatic carbocycles. The highest BCUT2D eigenvalue weighted by Gasteiger charge is 2.15. The van der Waals surface area contributed by atoms with Crippen LogP contribution in [0.1, 0.15) is 17.5 Å². The molecule has 0 saturated heterocycles. The minimum absolute atomic E-state index is 0.465. The van der Waals surface area contributed by atoms with Crippen LogP contribution in [0.4, 0.5) is 0 Å². The number of nitrogens with zero attached hydrogens (tertiary/aromatic N) is 1. The highest BCUT2D eigenvalue weighted by Crippen LogP contribution is 2.29. The first-order chi connectivity index (χ1) is 8.40. The van der Waals surface area contributed by atoms with Gasteiger partial charge in [0.1, 0.15) is 0 Å². The number of hydrogen-bond acceptors (Lipinski definition) is 2. The van der Waals surface area contributed by atoms with Crippen LogP contribution in [0.5, 0.6) is 0 Å². The summed E-state index contributed by atoms with van der Waals surface area (Å²) in [5, 5.41) is 1.32. The van der Waals surface area contributed by atoms with Crippen LogP contribution in [-0.4, -0.2) is 17.6 Å². The Labute approximate surface area is 100.0 Å². The number of rotatable bonds is 4. The van der Waals surface area contributed by atoms with Gasteiger partial charge in [0, 0.05) is 24.5 Å². The minimum atomic E-state index is 0.465. The summed E-state index contributed by atoms with van der Waals surface area (Å²) in [6.07, 6.45) is 5.39. The van der Waals surface area contributed by atoms with Crippen molar-refractivity contribution in [3.05, 3.63) is 35.5 Å². The summed E-state index contributed by atoms with van der Waals surface area (Å²) in [7, 11) is 0. The van der Waals surface area contributed by atoms with Crippen molar-refractivity contribution < 1.29 is 9.53 Å². The predicted octanol–water partition coefficient (Wildman–Crippen LogP) is 2.30. The van der Waals surface area contributed by atoms with Gasteiger partial charge in [0.15, 0.2) is 0 Å². The SMILES string of the molecule is O=COCCc1cn2c3c(cccc13)CCC2. The molecule has 3 heteroatoms. The van der Waals surface area contributed by atoms with Crippen molar-refractivity contribution in [1.82, 2.24) is 4.57 Å². The van der Waals surface area contributed by atoms with E-state index in [0.29, 0.717) is 13.1 Å². The molecule has 3 rings (SSSR count). The van der Waals surface area contributed by atoms with Crippen molar-refractivity contribution in [1.29, 1.82) is 0 Å². The number of hydrogen-bond donors (Lipinski definition) is 0. The number of carbonyl (C=O) groups excluding carboxylic acids is 1. The average molecular weight is 229 g/mol. The summed E-state index contributed by atoms with van der Waals surface area (Å²) in [4.78, 5) is 10.2. The second-order valence-corrected chi connectivity index (χ2v) is 4.48. The largest absolute Gasteiger partial charge is 0.468 e. The first kappa shape index (κ1) is 10.4. The zero-order valence-corrected chi connectivity index (χ0v) is 9.69. The van der Waals surface area contributed by atoms with Gasteiger partial charge in [-0.1, -0.05) is 18.2 Å². The van der Waals surface area contributed by atoms with Crippen LogP contribution in [0.3, 0.4) is 0 Å². The van der Waals surface area contributed by atoms with E-state index in [9.17, 15) is 4.79 Å². The van der Waals surface area contributed by atoms with Gasteiger partial charge in [-0.3, -0.25) is 4.79 Å². The van der Waals surface area contributed by atoms with E-state index in [4.69, 9.17) is 4.74 Å². The van der Waals surface area contributed by atoms with E-state index >= 15 is 0 Å². The standard InChI is InChI=1S/C14H15NO2/c16-10-17-8-6-12-9-15-7-2-4-11-3-1-5-13(12)14(11)15/h1,3,5,9-10H,2,4,6-8H2. The first-order valence-corrected chi connectivity index (χ1v) is 6.05. The molecule has 2 heterocycles. The molecule has 17 heavy (non-hydrogen) atoms. The molecule has 0 atom stereocenters. The van der Waals surface area contributed by atoms with Crippen molar-refractivity contribution in [3.8, 4) is 0 Å². The molecular formula is C14H15NO2. The number of carbonyl (C=O) groups is 1. The minimum Gasteiger partial charge on any atom is -0.468 e. The Kier molecular flexibility index (Phi) is 2.59. The smallest absolute Gasteiger partial charge is 0.293 e. The summed E-state index contributed by atoms with van der Waals surface area (Å²) >= 11 is 0. The van der Waals surface area contributed by atoms with Crippen LogP contribution in [0.25, 0.3) is 10.9 Å². The lowest BCUT2D eigenvalue weighted by molar-refractivity contribution is -0.128. The van der Waals surface area contributed by atoms with E-state index in [0.717, 1.165) is 13.0 Å². The zero-order chi connectivity index (χ0) is 11.7. The van der Waals surface area contributed by atoms with E-state index in [-0.39, 0.29) is 0 Å². The Morgan fingerprint density at radius 3 is 3.24 bits per heavy atom. The van der Waals surface area contributed by atoms with Gasteiger partial charge >= 0.3 is 0 Å². The molecule has 3 nitrogen and oxygen atoms in total. The summed E-state index contributed by atoms with van der Waals surface area (Å²) in [6.45, 7) is 2.08. The van der Waals surface area contributed by atoms with Crippen LogP contribution in [0.2, 0.25) is 0 Å². The van der Waals surface area contributed by atoms with Gasteiger partial charge in [0.05, 0.1) is 12.1 Å². The van der Waals surface area contributed by atoms with Gasteiger partial charge in [0.2, 0.25) is 0 Å². The second-order valence-electron chi connectivity index (χ2n) is 4.48. The summed E-state index contributed by atoms with van der Waals surface area (Å²) in [5.41, 5.74) is 4.10. The highest BCUT2D eigenvalue weighted by molar-refractivity contribution is 5.87. The van der Waals surface area contributed by atoms with Crippen molar-refractivity contribution in [3.63, 3.8) is 0 Å². The lowest BCUT2D eigenvalue weighted by Crippen LogP contribution is -2.05. The van der Waals surface area contributed by atoms with Gasteiger partial charge in [-0.05, 0) is 24.0 Å². The number of para-hydroxylation sites is 1. The monoisotopic (exact) mass is 229 g/mol. The zero-order valence-electron chi connectivity index (χ0n) is 9.69. The Hall–Kier alpha value is -1.77. The van der Waals surface area contributed by atoms with E-state index in [2.05, 4.69) is 29.0 Å². The van der Waals surface area contributed by atoms with Gasteiger partial charge < -0.3 is 9.30 Å². The van der Waals surface area contributed by atoms with Gasteiger partial charge in [-0.15, -0.1) is 0 Å². The lowest BCUT2D eigenvalue weighted by atomic mass is 10.0. The van der Waals surface area contributed by atoms with Crippen LogP contribution in [-0.2, 0) is 28.9 Å². The molecule has 2 aromatic rings. The fourth-order valence-electron chi connectivity index (χ4n) is 2.75. The number of aryl methyl sites for hydroxylation is 2. The molecule has 0 bridgehead atoms. The van der Waals surface area contributed by atoms with Crippen LogP contribution in [0.15, 0.2) is 24.4 Å². The van der Waals surface area contributed by atoms with Crippen molar-refractivity contribution >= 4 is 17.4 Å². The second kappa shape index (κ2) is 4.24. The molecule has 1 aliphatic rings. The van der Waals surface area contributed by atoms with Crippen LogP contribution < -0.4 is 0 Å². The van der Waals surface area contributed by atoms with Gasteiger partial charge in [0.25, 0.3) is 6.47 Å². The summed E-state index contributed by atoms with van der Waals surface area (Å²) in [6, 6.07) is 6.50. The molecule has 0 saturated carbocycles. The molecule has 1 aliphatic heterocycles. The maximum Gasteiger partial charge on any atom is 0.293 e. The van der Waals surface area contributed by atoms with E-state index in [1.165, 1.54) is 34.9 Å². The fourth-order valence-corrected chi connectivity index (χ4v) is 2.75. The maximum absolute atomic E-state index is 10.2. The maximum atomic E-state index is 10.2. The summed E-state index contributed by atoms with van der Waals surface area (Å²) < 4.78 is 7.12. The van der Waals surface area contributed by atoms with Crippen molar-refractivity contribution in [2.45, 2.75) is 25.8 Å². The molecule has 1 aromatic carbocycles. The van der Waals surface area contributed by atoms with E-state index < -0.39 is 0 Å². The highest BCUT2D eigenvalue weighted by atomic mass is 16.5. The molecule has 0 fully saturated rings. The molecule has 0 radical (unpaired) electrons. The molecule has 0 amide bonds. The number of benzene rings is 1. The Morgan fingerprint density at radius 1 is 1.41 bits per heavy atom. The third kappa shape index (κ3) is 1.71. The van der Waals surface area contributed by atoms with Crippen molar-refractivity contribution in [2.75, 3.05) is 6.61 Å². The molecule has 0 N–H and O–H groups in total. The molecule has 1 aromatic heterocycles. The molecule has 0 unspecified atom stereocenters. The summed E-state index contributed by atoms with van der Waals surface area (Å²) in [5.74, 6) is 0. The average Bonchev–Trinajstić information content (AvgIpc) is 2.71. The molecule has 0 spiro atoms. The Morgan fingerprint density at radius 2 is 2.35 bits per heavy atom. The number of aromatic nitrogens is 1. The third-order valence-corrected chi connectivity index (χ3v) is 3.47. The van der Waals surface area contributed by atoms with Crippen LogP contribution in [0, 0.1) is 0 Å². The van der Waals surface area contributed by atoms with Crippen LogP contribution >= 0.6 is 0 Å². The predicted molar refractivity (Wildman–Crippen MR) is 66.0 cm³/mol. The topological polar surface area (TPSA) is 31.2 Å². The van der Waals surface area contributed by atoms with Crippen molar-refractivity contribution in [2.24, 2.45) is 0 Å². The van der Waals surface area contributed by atoms with Gasteiger partial charge in [-0.25, -0.2) is 0 Å². The first-order valence-electron chi connectivity index (χ1n) is 6.05. The number of ether oxygens (including phenoxy) is 1. The quantitative estimate of drug-likeness (QED) is 0.595. The lowest BCUT2D eigenvalue weighted by Gasteiger charge is -2.14. The normalized spacial score (nSPS) is 13.9. The Bertz CT molecular complexity index is 557. The molecular weight excluding hydrogens is 214 g/mol. The Balaban J connectivity index is 2.03. The molecule has 88 valence electrons. The van der Waals surface area contributed by atoms with Gasteiger partial charge in [-0.2, -0.15) is 0 Å². The van der Waals surface area contributed by atoms with E-state index in [1.54, 1.807) is 0 Å². The fraction of sp³-hybridized carbons (Fsp3) is 0.357. The third-order valence-electron chi connectivity index (χ3n) is 3.47.